The molecule has 4 rings (SSSR count). The molecule has 1 heterocycles. The Morgan fingerprint density at radius 1 is 0.647 bits per heavy atom. The number of nitrogens with one attached hydrogen (secondary N) is 2. The number of nitrogens with zero attached hydrogens (tertiary/aromatic N) is 4. The van der Waals surface area contributed by atoms with Gasteiger partial charge in [0.2, 0.25) is 0 Å². The molecule has 0 aliphatic carbocycles. The molecule has 0 spiro atoms. The quantitative estimate of drug-likeness (QED) is 0.231. The molecule has 0 unspecified atom stereocenters. The van der Waals surface area contributed by atoms with Crippen molar-refractivity contribution in [3.63, 3.8) is 0 Å². The fourth-order valence-corrected chi connectivity index (χ4v) is 3.20. The molecule has 0 aliphatic rings. The van der Waals surface area contributed by atoms with E-state index in [1.54, 1.807) is 36.4 Å². The van der Waals surface area contributed by atoms with Crippen LogP contribution in [0.25, 0.3) is 10.8 Å². The highest BCUT2D eigenvalue weighted by molar-refractivity contribution is 6.01. The van der Waals surface area contributed by atoms with Crippen LogP contribution in [0.5, 0.6) is 0 Å². The van der Waals surface area contributed by atoms with Crippen LogP contribution in [0.15, 0.2) is 83.0 Å². The maximum atomic E-state index is 11.3. The van der Waals surface area contributed by atoms with Crippen LogP contribution in [0.4, 0.5) is 11.6 Å². The third-order valence-electron chi connectivity index (χ3n) is 4.82. The molecular weight excluding hydrogens is 436 g/mol. The summed E-state index contributed by atoms with van der Waals surface area (Å²) in [6, 6.07) is 20.3. The SMILES string of the molecule is O=C(O)c1ccccc1/C=N\Nc1nnc(N/N=C/c2ccccc2C(=O)O)c2ccccc12. The molecule has 10 heteroatoms. The minimum Gasteiger partial charge on any atom is -0.478 e. The van der Waals surface area contributed by atoms with E-state index in [2.05, 4.69) is 31.3 Å². The Balaban J connectivity index is 1.56. The van der Waals surface area contributed by atoms with E-state index in [1.807, 2.05) is 24.3 Å². The minimum absolute atomic E-state index is 0.130. The molecule has 4 N–H and O–H groups in total. The fraction of sp³-hybridized carbons (Fsp3) is 0. The zero-order chi connectivity index (χ0) is 23.9. The van der Waals surface area contributed by atoms with Crippen molar-refractivity contribution in [3.05, 3.63) is 95.1 Å². The van der Waals surface area contributed by atoms with Crippen LogP contribution in [0.1, 0.15) is 31.8 Å². The summed E-state index contributed by atoms with van der Waals surface area (Å²) in [7, 11) is 0. The first-order chi connectivity index (χ1) is 16.5. The molecule has 0 atom stereocenters. The van der Waals surface area contributed by atoms with Crippen LogP contribution in [0.2, 0.25) is 0 Å². The molecule has 0 saturated carbocycles. The second kappa shape index (κ2) is 10.0. The molecule has 10 nitrogen and oxygen atoms in total. The van der Waals surface area contributed by atoms with Crippen molar-refractivity contribution in [2.75, 3.05) is 10.9 Å². The minimum atomic E-state index is -1.05. The zero-order valence-electron chi connectivity index (χ0n) is 17.6. The number of benzene rings is 3. The van der Waals surface area contributed by atoms with E-state index in [1.165, 1.54) is 24.6 Å². The standard InChI is InChI=1S/C24H18N6O4/c31-23(32)17-9-3-1-7-15(17)13-25-27-21-19-11-5-6-12-20(19)22(30-29-21)28-26-14-16-8-2-4-10-18(16)24(33)34/h1-14H,(H,27,29)(H,28,30)(H,31,32)(H,33,34)/b25-13-,26-14+. The maximum absolute atomic E-state index is 11.3. The van der Waals surface area contributed by atoms with Crippen LogP contribution < -0.4 is 10.9 Å². The molecule has 168 valence electrons. The molecule has 0 fully saturated rings. The van der Waals surface area contributed by atoms with Gasteiger partial charge in [0.25, 0.3) is 0 Å². The van der Waals surface area contributed by atoms with Gasteiger partial charge in [-0.05, 0) is 12.1 Å². The number of hydrogen-bond acceptors (Lipinski definition) is 8. The van der Waals surface area contributed by atoms with Crippen LogP contribution >= 0.6 is 0 Å². The molecule has 1 aromatic heterocycles. The first-order valence-corrected chi connectivity index (χ1v) is 10.0. The van der Waals surface area contributed by atoms with E-state index in [-0.39, 0.29) is 11.1 Å². The molecule has 0 aliphatic heterocycles. The van der Waals surface area contributed by atoms with Crippen molar-refractivity contribution in [2.24, 2.45) is 10.2 Å². The number of hydrogen-bond donors (Lipinski definition) is 4. The van der Waals surface area contributed by atoms with Crippen molar-refractivity contribution in [1.82, 2.24) is 10.2 Å². The van der Waals surface area contributed by atoms with Crippen LogP contribution in [0.3, 0.4) is 0 Å². The molecule has 0 bridgehead atoms. The van der Waals surface area contributed by atoms with Crippen LogP contribution in [0, 0.1) is 0 Å². The topological polar surface area (TPSA) is 149 Å². The van der Waals surface area contributed by atoms with Gasteiger partial charge in [0.1, 0.15) is 0 Å². The number of anilines is 2. The number of rotatable bonds is 8. The molecule has 0 saturated heterocycles. The Morgan fingerprint density at radius 3 is 1.44 bits per heavy atom. The fourth-order valence-electron chi connectivity index (χ4n) is 3.20. The lowest BCUT2D eigenvalue weighted by Crippen LogP contribution is -2.04. The van der Waals surface area contributed by atoms with Gasteiger partial charge in [-0.2, -0.15) is 10.2 Å². The molecule has 34 heavy (non-hydrogen) atoms. The van der Waals surface area contributed by atoms with Crippen molar-refractivity contribution in [2.45, 2.75) is 0 Å². The van der Waals surface area contributed by atoms with Crippen LogP contribution in [-0.2, 0) is 0 Å². The zero-order valence-corrected chi connectivity index (χ0v) is 17.6. The number of aromatic carboxylic acids is 2. The van der Waals surface area contributed by atoms with E-state index < -0.39 is 11.9 Å². The second-order valence-electron chi connectivity index (χ2n) is 6.97. The number of carboxylic acids is 2. The van der Waals surface area contributed by atoms with Crippen molar-refractivity contribution in [1.29, 1.82) is 0 Å². The predicted molar refractivity (Wildman–Crippen MR) is 129 cm³/mol. The van der Waals surface area contributed by atoms with Gasteiger partial charge >= 0.3 is 11.9 Å². The highest BCUT2D eigenvalue weighted by Crippen LogP contribution is 2.26. The second-order valence-corrected chi connectivity index (χ2v) is 6.97. The lowest BCUT2D eigenvalue weighted by atomic mass is 10.1. The third kappa shape index (κ3) is 4.86. The smallest absolute Gasteiger partial charge is 0.336 e. The van der Waals surface area contributed by atoms with E-state index in [4.69, 9.17) is 0 Å². The summed E-state index contributed by atoms with van der Waals surface area (Å²) in [6.07, 6.45) is 2.80. The average Bonchev–Trinajstić information content (AvgIpc) is 2.85. The number of fused-ring (bicyclic) bond motifs is 1. The summed E-state index contributed by atoms with van der Waals surface area (Å²) < 4.78 is 0. The summed E-state index contributed by atoms with van der Waals surface area (Å²) >= 11 is 0. The third-order valence-corrected chi connectivity index (χ3v) is 4.82. The normalized spacial score (nSPS) is 11.2. The summed E-state index contributed by atoms with van der Waals surface area (Å²) in [4.78, 5) is 22.7. The van der Waals surface area contributed by atoms with Crippen molar-refractivity contribution < 1.29 is 19.8 Å². The Hall–Kier alpha value is -5.12. The number of carboxylic acid groups (broad SMARTS) is 2. The number of aromatic nitrogens is 2. The van der Waals surface area contributed by atoms with Gasteiger partial charge in [-0.15, -0.1) is 10.2 Å². The van der Waals surface area contributed by atoms with Gasteiger partial charge in [0.15, 0.2) is 11.6 Å². The monoisotopic (exact) mass is 454 g/mol. The molecule has 0 amide bonds. The number of carbonyl (C=O) groups is 2. The van der Waals surface area contributed by atoms with E-state index in [9.17, 15) is 19.8 Å². The predicted octanol–water partition coefficient (Wildman–Crippen LogP) is 3.92. The average molecular weight is 454 g/mol. The summed E-state index contributed by atoms with van der Waals surface area (Å²) in [6.45, 7) is 0. The Bertz CT molecular complexity index is 1330. The van der Waals surface area contributed by atoms with Gasteiger partial charge in [0, 0.05) is 21.9 Å². The largest absolute Gasteiger partial charge is 0.478 e. The van der Waals surface area contributed by atoms with Gasteiger partial charge in [-0.3, -0.25) is 10.9 Å². The lowest BCUT2D eigenvalue weighted by molar-refractivity contribution is 0.0686. The van der Waals surface area contributed by atoms with Gasteiger partial charge < -0.3 is 10.2 Å². The maximum Gasteiger partial charge on any atom is 0.336 e. The summed E-state index contributed by atoms with van der Waals surface area (Å²) in [5.74, 6) is -1.36. The molecule has 0 radical (unpaired) electrons. The lowest BCUT2D eigenvalue weighted by Gasteiger charge is -2.08. The van der Waals surface area contributed by atoms with E-state index in [0.29, 0.717) is 33.5 Å². The molecular formula is C24H18N6O4. The first-order valence-electron chi connectivity index (χ1n) is 10.0. The Kier molecular flexibility index (Phi) is 6.50. The van der Waals surface area contributed by atoms with Crippen molar-refractivity contribution in [3.8, 4) is 0 Å². The highest BCUT2D eigenvalue weighted by atomic mass is 16.4. The van der Waals surface area contributed by atoms with Gasteiger partial charge in [-0.25, -0.2) is 9.59 Å². The van der Waals surface area contributed by atoms with Gasteiger partial charge in [0.05, 0.1) is 23.6 Å². The van der Waals surface area contributed by atoms with E-state index >= 15 is 0 Å². The Morgan fingerprint density at radius 2 is 1.03 bits per heavy atom. The molecule has 3 aromatic carbocycles. The van der Waals surface area contributed by atoms with Gasteiger partial charge in [-0.1, -0.05) is 60.7 Å². The Labute approximate surface area is 193 Å². The van der Waals surface area contributed by atoms with Crippen LogP contribution in [-0.4, -0.2) is 44.8 Å². The summed E-state index contributed by atoms with van der Waals surface area (Å²) in [5, 5.41) is 36.5. The highest BCUT2D eigenvalue weighted by Gasteiger charge is 2.10. The molecule has 4 aromatic rings. The summed E-state index contributed by atoms with van der Waals surface area (Å²) in [5.41, 5.74) is 6.74. The first kappa shape index (κ1) is 22.1. The van der Waals surface area contributed by atoms with E-state index in [0.717, 1.165) is 0 Å². The number of hydrazone groups is 2. The van der Waals surface area contributed by atoms with Crippen molar-refractivity contribution >= 4 is 46.8 Å².